The second-order valence-electron chi connectivity index (χ2n) is 6.31. The molecule has 1 aromatic heterocycles. The van der Waals surface area contributed by atoms with Crippen molar-refractivity contribution >= 4 is 50.5 Å². The summed E-state index contributed by atoms with van der Waals surface area (Å²) < 4.78 is 0. The second kappa shape index (κ2) is 7.43. The standard InChI is InChI=1S/C20H13N5O5/c26-20(22-15-9-3-6-12-5-1-2-7-13(12)15)23-19-17(25(29)30)11-16(24(27)28)14-8-4-10-21-18(14)19/h1-11H,(H2,22,23,26). The lowest BCUT2D eigenvalue weighted by Crippen LogP contribution is -2.20. The number of nitrogens with one attached hydrogen (secondary N) is 2. The van der Waals surface area contributed by atoms with Crippen LogP contribution < -0.4 is 10.6 Å². The number of carbonyl (C=O) groups is 1. The predicted octanol–water partition coefficient (Wildman–Crippen LogP) is 4.85. The zero-order chi connectivity index (χ0) is 21.3. The molecule has 0 bridgehead atoms. The Morgan fingerprint density at radius 2 is 1.53 bits per heavy atom. The number of pyridine rings is 1. The monoisotopic (exact) mass is 403 g/mol. The van der Waals surface area contributed by atoms with E-state index in [1.807, 2.05) is 30.3 Å². The molecule has 0 saturated carbocycles. The highest BCUT2D eigenvalue weighted by molar-refractivity contribution is 6.12. The van der Waals surface area contributed by atoms with Gasteiger partial charge in [0.25, 0.3) is 5.69 Å². The zero-order valence-electron chi connectivity index (χ0n) is 15.2. The lowest BCUT2D eigenvalue weighted by atomic mass is 10.1. The number of nitro groups is 2. The van der Waals surface area contributed by atoms with Crippen molar-refractivity contribution in [2.45, 2.75) is 0 Å². The van der Waals surface area contributed by atoms with E-state index in [1.54, 1.807) is 12.1 Å². The largest absolute Gasteiger partial charge is 0.323 e. The fourth-order valence-electron chi connectivity index (χ4n) is 3.23. The Bertz CT molecular complexity index is 1330. The maximum absolute atomic E-state index is 12.7. The molecule has 4 aromatic rings. The van der Waals surface area contributed by atoms with Crippen LogP contribution in [0.4, 0.5) is 27.5 Å². The number of aromatic nitrogens is 1. The Balaban J connectivity index is 1.77. The Labute approximate surface area is 168 Å². The van der Waals surface area contributed by atoms with E-state index in [-0.39, 0.29) is 16.6 Å². The molecule has 0 aliphatic heterocycles. The van der Waals surface area contributed by atoms with Crippen molar-refractivity contribution < 1.29 is 14.6 Å². The predicted molar refractivity (Wildman–Crippen MR) is 112 cm³/mol. The Morgan fingerprint density at radius 3 is 2.30 bits per heavy atom. The number of rotatable bonds is 4. The van der Waals surface area contributed by atoms with Crippen LogP contribution >= 0.6 is 0 Å². The van der Waals surface area contributed by atoms with Crippen LogP contribution in [0.15, 0.2) is 66.9 Å². The molecule has 3 aromatic carbocycles. The quantitative estimate of drug-likeness (QED) is 0.369. The molecule has 4 rings (SSSR count). The number of urea groups is 1. The molecule has 0 fully saturated rings. The van der Waals surface area contributed by atoms with Crippen LogP contribution in [0.3, 0.4) is 0 Å². The molecule has 0 atom stereocenters. The summed E-state index contributed by atoms with van der Waals surface area (Å²) in [5.41, 5.74) is -0.858. The van der Waals surface area contributed by atoms with Crippen molar-refractivity contribution in [1.29, 1.82) is 0 Å². The van der Waals surface area contributed by atoms with Gasteiger partial charge in [0, 0.05) is 11.6 Å². The molecule has 1 heterocycles. The topological polar surface area (TPSA) is 140 Å². The van der Waals surface area contributed by atoms with E-state index in [2.05, 4.69) is 15.6 Å². The van der Waals surface area contributed by atoms with Gasteiger partial charge in [-0.15, -0.1) is 0 Å². The third kappa shape index (κ3) is 3.33. The Morgan fingerprint density at radius 1 is 0.833 bits per heavy atom. The minimum atomic E-state index is -0.797. The van der Waals surface area contributed by atoms with Crippen molar-refractivity contribution in [3.05, 3.63) is 87.1 Å². The zero-order valence-corrected chi connectivity index (χ0v) is 15.2. The van der Waals surface area contributed by atoms with Gasteiger partial charge in [-0.25, -0.2) is 4.79 Å². The first-order chi connectivity index (χ1) is 14.5. The van der Waals surface area contributed by atoms with Crippen LogP contribution in [0, 0.1) is 20.2 Å². The molecule has 0 radical (unpaired) electrons. The number of benzene rings is 3. The van der Waals surface area contributed by atoms with Crippen molar-refractivity contribution in [3.8, 4) is 0 Å². The van der Waals surface area contributed by atoms with E-state index < -0.39 is 27.3 Å². The molecule has 0 saturated heterocycles. The number of amides is 2. The molecule has 10 nitrogen and oxygen atoms in total. The van der Waals surface area contributed by atoms with E-state index in [4.69, 9.17) is 0 Å². The highest BCUT2D eigenvalue weighted by Crippen LogP contribution is 2.38. The van der Waals surface area contributed by atoms with E-state index in [1.165, 1.54) is 18.3 Å². The Kier molecular flexibility index (Phi) is 4.64. The van der Waals surface area contributed by atoms with Gasteiger partial charge in [0.2, 0.25) is 0 Å². The van der Waals surface area contributed by atoms with Gasteiger partial charge < -0.3 is 5.32 Å². The average Bonchev–Trinajstić information content (AvgIpc) is 2.73. The lowest BCUT2D eigenvalue weighted by molar-refractivity contribution is -0.392. The van der Waals surface area contributed by atoms with E-state index >= 15 is 0 Å². The number of anilines is 2. The molecule has 10 heteroatoms. The van der Waals surface area contributed by atoms with E-state index in [0.717, 1.165) is 16.8 Å². The third-order valence-electron chi connectivity index (χ3n) is 4.52. The summed E-state index contributed by atoms with van der Waals surface area (Å²) in [5, 5.41) is 29.8. The maximum atomic E-state index is 12.7. The Hall–Kier alpha value is -4.60. The molecule has 0 spiro atoms. The number of hydrogen-bond donors (Lipinski definition) is 2. The van der Waals surface area contributed by atoms with Gasteiger partial charge in [-0.1, -0.05) is 36.4 Å². The number of non-ortho nitro benzene ring substituents is 1. The molecular formula is C20H13N5O5. The molecule has 0 unspecified atom stereocenters. The first-order valence-electron chi connectivity index (χ1n) is 8.72. The smallest absolute Gasteiger partial charge is 0.307 e. The summed E-state index contributed by atoms with van der Waals surface area (Å²) in [7, 11) is 0. The van der Waals surface area contributed by atoms with Gasteiger partial charge in [0.15, 0.2) is 0 Å². The van der Waals surface area contributed by atoms with E-state index in [9.17, 15) is 25.0 Å². The van der Waals surface area contributed by atoms with Crippen molar-refractivity contribution in [2.75, 3.05) is 10.6 Å². The summed E-state index contributed by atoms with van der Waals surface area (Å²) in [6.07, 6.45) is 1.34. The summed E-state index contributed by atoms with van der Waals surface area (Å²) in [6, 6.07) is 15.7. The first kappa shape index (κ1) is 18.7. The van der Waals surface area contributed by atoms with Crippen molar-refractivity contribution in [2.24, 2.45) is 0 Å². The first-order valence-corrected chi connectivity index (χ1v) is 8.72. The number of hydrogen-bond acceptors (Lipinski definition) is 6. The molecular weight excluding hydrogens is 390 g/mol. The van der Waals surface area contributed by atoms with Gasteiger partial charge in [0.1, 0.15) is 11.2 Å². The second-order valence-corrected chi connectivity index (χ2v) is 6.31. The summed E-state index contributed by atoms with van der Waals surface area (Å²) in [6.45, 7) is 0. The molecule has 30 heavy (non-hydrogen) atoms. The summed E-state index contributed by atoms with van der Waals surface area (Å²) >= 11 is 0. The van der Waals surface area contributed by atoms with Gasteiger partial charge >= 0.3 is 11.7 Å². The molecule has 0 aliphatic carbocycles. The van der Waals surface area contributed by atoms with Gasteiger partial charge in [-0.05, 0) is 23.6 Å². The highest BCUT2D eigenvalue weighted by atomic mass is 16.6. The fraction of sp³-hybridized carbons (Fsp3) is 0. The van der Waals surface area contributed by atoms with Crippen LogP contribution in [-0.4, -0.2) is 20.9 Å². The van der Waals surface area contributed by atoms with Gasteiger partial charge in [-0.2, -0.15) is 0 Å². The van der Waals surface area contributed by atoms with Crippen LogP contribution in [-0.2, 0) is 0 Å². The van der Waals surface area contributed by atoms with Gasteiger partial charge in [-0.3, -0.25) is 30.5 Å². The van der Waals surface area contributed by atoms with Crippen molar-refractivity contribution in [3.63, 3.8) is 0 Å². The normalized spacial score (nSPS) is 10.7. The lowest BCUT2D eigenvalue weighted by Gasteiger charge is -2.12. The summed E-state index contributed by atoms with van der Waals surface area (Å²) in [5.74, 6) is 0. The molecule has 0 aliphatic rings. The number of nitro benzene ring substituents is 2. The summed E-state index contributed by atoms with van der Waals surface area (Å²) in [4.78, 5) is 38.0. The van der Waals surface area contributed by atoms with Crippen molar-refractivity contribution in [1.82, 2.24) is 4.98 Å². The highest BCUT2D eigenvalue weighted by Gasteiger charge is 2.27. The number of nitrogens with zero attached hydrogens (tertiary/aromatic N) is 3. The molecule has 2 amide bonds. The minimum Gasteiger partial charge on any atom is -0.307 e. The van der Waals surface area contributed by atoms with Crippen LogP contribution in [0.25, 0.3) is 21.7 Å². The maximum Gasteiger partial charge on any atom is 0.323 e. The van der Waals surface area contributed by atoms with Gasteiger partial charge in [0.05, 0.1) is 27.0 Å². The fourth-order valence-corrected chi connectivity index (χ4v) is 3.23. The van der Waals surface area contributed by atoms with Crippen LogP contribution in [0.5, 0.6) is 0 Å². The SMILES string of the molecule is O=C(Nc1cccc2ccccc12)Nc1c([N+](=O)[O-])cc([N+](=O)[O-])c2cccnc12. The molecule has 2 N–H and O–H groups in total. The minimum absolute atomic E-state index is 0.0496. The van der Waals surface area contributed by atoms with Crippen LogP contribution in [0.1, 0.15) is 0 Å². The number of carbonyl (C=O) groups excluding carboxylic acids is 1. The average molecular weight is 403 g/mol. The molecule has 148 valence electrons. The number of fused-ring (bicyclic) bond motifs is 2. The third-order valence-corrected chi connectivity index (χ3v) is 4.52. The van der Waals surface area contributed by atoms with E-state index in [0.29, 0.717) is 5.69 Å². The van der Waals surface area contributed by atoms with Crippen LogP contribution in [0.2, 0.25) is 0 Å².